The zero-order valence-corrected chi connectivity index (χ0v) is 16.2. The quantitative estimate of drug-likeness (QED) is 0.747. The van der Waals surface area contributed by atoms with Gasteiger partial charge in [0.15, 0.2) is 0 Å². The molecule has 1 aromatic rings. The third-order valence-electron chi connectivity index (χ3n) is 5.84. The molecular formula is C21H31N3O3. The number of aliphatic hydroxyl groups excluding tert-OH is 1. The van der Waals surface area contributed by atoms with E-state index in [4.69, 9.17) is 5.73 Å². The Morgan fingerprint density at radius 1 is 1.37 bits per heavy atom. The van der Waals surface area contributed by atoms with Crippen LogP contribution in [0.15, 0.2) is 30.3 Å². The van der Waals surface area contributed by atoms with Crippen molar-refractivity contribution in [1.29, 1.82) is 0 Å². The van der Waals surface area contributed by atoms with Crippen LogP contribution in [0.4, 0.5) is 0 Å². The van der Waals surface area contributed by atoms with E-state index in [0.29, 0.717) is 38.3 Å². The zero-order chi connectivity index (χ0) is 19.6. The number of aliphatic hydroxyl groups is 1. The molecule has 2 saturated heterocycles. The molecule has 2 fully saturated rings. The molecule has 0 unspecified atom stereocenters. The molecule has 148 valence electrons. The first kappa shape index (κ1) is 19.8. The Morgan fingerprint density at radius 3 is 2.74 bits per heavy atom. The van der Waals surface area contributed by atoms with Gasteiger partial charge in [-0.05, 0) is 37.2 Å². The van der Waals surface area contributed by atoms with E-state index in [0.717, 1.165) is 12.0 Å². The van der Waals surface area contributed by atoms with Gasteiger partial charge in [-0.15, -0.1) is 0 Å². The fourth-order valence-corrected chi connectivity index (χ4v) is 4.48. The van der Waals surface area contributed by atoms with Crippen molar-refractivity contribution in [2.24, 2.45) is 17.1 Å². The minimum Gasteiger partial charge on any atom is -0.391 e. The molecule has 4 atom stereocenters. The summed E-state index contributed by atoms with van der Waals surface area (Å²) < 4.78 is 0. The summed E-state index contributed by atoms with van der Waals surface area (Å²) in [5.74, 6) is 0.181. The highest BCUT2D eigenvalue weighted by molar-refractivity contribution is 5.87. The van der Waals surface area contributed by atoms with Crippen LogP contribution in [0.2, 0.25) is 0 Å². The van der Waals surface area contributed by atoms with Gasteiger partial charge in [0.25, 0.3) is 0 Å². The third kappa shape index (κ3) is 4.17. The lowest BCUT2D eigenvalue weighted by Gasteiger charge is -2.47. The molecule has 4 N–H and O–H groups in total. The van der Waals surface area contributed by atoms with E-state index in [1.807, 2.05) is 44.2 Å². The average molecular weight is 373 g/mol. The van der Waals surface area contributed by atoms with Crippen LogP contribution in [0, 0.1) is 11.3 Å². The molecule has 1 aromatic carbocycles. The Balaban J connectivity index is 1.72. The highest BCUT2D eigenvalue weighted by Crippen LogP contribution is 2.41. The summed E-state index contributed by atoms with van der Waals surface area (Å²) in [6.45, 7) is 5.04. The second-order valence-electron chi connectivity index (χ2n) is 8.51. The summed E-state index contributed by atoms with van der Waals surface area (Å²) in [6, 6.07) is 8.59. The van der Waals surface area contributed by atoms with E-state index < -0.39 is 23.6 Å². The van der Waals surface area contributed by atoms with Crippen molar-refractivity contribution in [3.8, 4) is 0 Å². The van der Waals surface area contributed by atoms with Gasteiger partial charge in [0, 0.05) is 13.1 Å². The summed E-state index contributed by atoms with van der Waals surface area (Å²) >= 11 is 0. The monoisotopic (exact) mass is 373 g/mol. The van der Waals surface area contributed by atoms with Gasteiger partial charge >= 0.3 is 0 Å². The molecule has 2 aliphatic rings. The fraction of sp³-hybridized carbons (Fsp3) is 0.619. The van der Waals surface area contributed by atoms with E-state index in [1.165, 1.54) is 0 Å². The molecule has 1 spiro atoms. The molecule has 6 heteroatoms. The van der Waals surface area contributed by atoms with Crippen molar-refractivity contribution < 1.29 is 14.7 Å². The summed E-state index contributed by atoms with van der Waals surface area (Å²) in [5.41, 5.74) is 6.26. The number of nitrogens with one attached hydrogen (secondary N) is 1. The van der Waals surface area contributed by atoms with Crippen molar-refractivity contribution in [3.05, 3.63) is 35.9 Å². The molecule has 3 rings (SSSR count). The number of hydrogen-bond acceptors (Lipinski definition) is 4. The molecule has 2 amide bonds. The van der Waals surface area contributed by atoms with E-state index in [-0.39, 0.29) is 11.8 Å². The number of amides is 2. The van der Waals surface area contributed by atoms with Gasteiger partial charge in [-0.2, -0.15) is 0 Å². The lowest BCUT2D eigenvalue weighted by molar-refractivity contribution is -0.150. The van der Waals surface area contributed by atoms with Crippen LogP contribution in [0.25, 0.3) is 0 Å². The number of likely N-dealkylation sites (tertiary alicyclic amines) is 1. The van der Waals surface area contributed by atoms with Gasteiger partial charge in [-0.1, -0.05) is 44.2 Å². The number of rotatable bonds is 4. The lowest BCUT2D eigenvalue weighted by atomic mass is 9.70. The van der Waals surface area contributed by atoms with Crippen molar-refractivity contribution >= 4 is 11.8 Å². The largest absolute Gasteiger partial charge is 0.391 e. The van der Waals surface area contributed by atoms with Gasteiger partial charge in [-0.25, -0.2) is 0 Å². The van der Waals surface area contributed by atoms with Crippen LogP contribution in [0.3, 0.4) is 0 Å². The number of nitrogens with zero attached hydrogens (tertiary/aromatic N) is 1. The predicted molar refractivity (Wildman–Crippen MR) is 104 cm³/mol. The minimum atomic E-state index is -0.726. The molecule has 2 heterocycles. The maximum absolute atomic E-state index is 13.0. The molecule has 0 radical (unpaired) electrons. The van der Waals surface area contributed by atoms with Crippen LogP contribution < -0.4 is 11.1 Å². The molecule has 0 aliphatic carbocycles. The van der Waals surface area contributed by atoms with Crippen LogP contribution in [0.1, 0.15) is 51.1 Å². The smallest absolute Gasteiger partial charge is 0.239 e. The zero-order valence-electron chi connectivity index (χ0n) is 16.2. The molecule has 2 aliphatic heterocycles. The average Bonchev–Trinajstić information content (AvgIpc) is 2.64. The summed E-state index contributed by atoms with van der Waals surface area (Å²) in [6.07, 6.45) is 1.75. The minimum absolute atomic E-state index is 0.0726. The highest BCUT2D eigenvalue weighted by Gasteiger charge is 2.50. The van der Waals surface area contributed by atoms with E-state index >= 15 is 0 Å². The molecular weight excluding hydrogens is 342 g/mol. The first-order chi connectivity index (χ1) is 12.8. The number of hydrogen-bond donors (Lipinski definition) is 3. The Morgan fingerprint density at radius 2 is 2.07 bits per heavy atom. The Kier molecular flexibility index (Phi) is 5.86. The van der Waals surface area contributed by atoms with Gasteiger partial charge < -0.3 is 21.1 Å². The van der Waals surface area contributed by atoms with Crippen molar-refractivity contribution in [1.82, 2.24) is 10.2 Å². The molecule has 6 nitrogen and oxygen atoms in total. The van der Waals surface area contributed by atoms with Crippen LogP contribution >= 0.6 is 0 Å². The topological polar surface area (TPSA) is 95.7 Å². The van der Waals surface area contributed by atoms with Gasteiger partial charge in [-0.3, -0.25) is 9.59 Å². The Labute approximate surface area is 161 Å². The normalized spacial score (nSPS) is 29.7. The molecule has 0 aromatic heterocycles. The number of piperidine rings is 2. The number of benzene rings is 1. The summed E-state index contributed by atoms with van der Waals surface area (Å²) in [5, 5.41) is 13.8. The summed E-state index contributed by atoms with van der Waals surface area (Å²) in [4.78, 5) is 27.5. The SMILES string of the molecule is CC(C)C[C@H](N)C(=O)N1CCC[C@@]2(C[C@@H](O)[C@H](c3ccccc3)NC2=O)C1. The second kappa shape index (κ2) is 7.98. The van der Waals surface area contributed by atoms with Crippen molar-refractivity contribution in [3.63, 3.8) is 0 Å². The van der Waals surface area contributed by atoms with E-state index in [9.17, 15) is 14.7 Å². The number of carbonyl (C=O) groups is 2. The predicted octanol–water partition coefficient (Wildman–Crippen LogP) is 1.59. The van der Waals surface area contributed by atoms with Crippen LogP contribution in [-0.2, 0) is 9.59 Å². The van der Waals surface area contributed by atoms with Gasteiger partial charge in [0.05, 0.1) is 23.6 Å². The lowest BCUT2D eigenvalue weighted by Crippen LogP contribution is -2.61. The maximum atomic E-state index is 13.0. The Hall–Kier alpha value is -1.92. The van der Waals surface area contributed by atoms with Crippen molar-refractivity contribution in [2.75, 3.05) is 13.1 Å². The third-order valence-corrected chi connectivity index (χ3v) is 5.84. The molecule has 0 bridgehead atoms. The standard InChI is InChI=1S/C21H31N3O3/c1-14(2)11-16(22)19(26)24-10-6-9-21(13-24)12-17(25)18(23-20(21)27)15-7-4-3-5-8-15/h3-5,7-8,14,16-18,25H,6,9-13,22H2,1-2H3,(H,23,27)/t16-,17+,18-,21+/m0/s1. The highest BCUT2D eigenvalue weighted by atomic mass is 16.3. The van der Waals surface area contributed by atoms with Gasteiger partial charge in [0.1, 0.15) is 0 Å². The summed E-state index contributed by atoms with van der Waals surface area (Å²) in [7, 11) is 0. The van der Waals surface area contributed by atoms with E-state index in [2.05, 4.69) is 5.32 Å². The van der Waals surface area contributed by atoms with Crippen LogP contribution in [0.5, 0.6) is 0 Å². The number of carbonyl (C=O) groups excluding carboxylic acids is 2. The van der Waals surface area contributed by atoms with Crippen molar-refractivity contribution in [2.45, 2.75) is 57.7 Å². The first-order valence-electron chi connectivity index (χ1n) is 9.91. The maximum Gasteiger partial charge on any atom is 0.239 e. The van der Waals surface area contributed by atoms with Gasteiger partial charge in [0.2, 0.25) is 11.8 Å². The molecule has 27 heavy (non-hydrogen) atoms. The second-order valence-corrected chi connectivity index (χ2v) is 8.51. The van der Waals surface area contributed by atoms with E-state index in [1.54, 1.807) is 4.90 Å². The van der Waals surface area contributed by atoms with Crippen LogP contribution in [-0.4, -0.2) is 47.1 Å². The molecule has 0 saturated carbocycles. The Bertz CT molecular complexity index is 679. The fourth-order valence-electron chi connectivity index (χ4n) is 4.48. The first-order valence-corrected chi connectivity index (χ1v) is 9.91. The number of nitrogens with two attached hydrogens (primary N) is 1.